The number of hydrogen-bond donors (Lipinski definition) is 2. The van der Waals surface area contributed by atoms with E-state index in [1.807, 2.05) is 0 Å². The molecule has 92 valence electrons. The molecule has 2 N–H and O–H groups in total. The SMILES string of the molecule is CC(C)=C[C@H]1[C@@H](C(=O)Nc2ncn[nH]2)C1(C)C. The fraction of sp³-hybridized carbons (Fsp3) is 0.583. The van der Waals surface area contributed by atoms with Crippen LogP contribution in [0.15, 0.2) is 18.0 Å². The summed E-state index contributed by atoms with van der Waals surface area (Å²) in [6, 6.07) is 0. The van der Waals surface area contributed by atoms with E-state index in [0.29, 0.717) is 11.9 Å². The van der Waals surface area contributed by atoms with Gasteiger partial charge in [0.25, 0.3) is 0 Å². The molecule has 1 aromatic rings. The molecule has 1 heterocycles. The van der Waals surface area contributed by atoms with E-state index >= 15 is 0 Å². The van der Waals surface area contributed by atoms with E-state index in [4.69, 9.17) is 0 Å². The molecule has 1 aliphatic carbocycles. The monoisotopic (exact) mass is 234 g/mol. The number of amides is 1. The summed E-state index contributed by atoms with van der Waals surface area (Å²) in [4.78, 5) is 15.9. The fourth-order valence-electron chi connectivity index (χ4n) is 2.31. The summed E-state index contributed by atoms with van der Waals surface area (Å²) in [5, 5.41) is 9.07. The molecule has 5 nitrogen and oxygen atoms in total. The number of anilines is 1. The molecule has 0 saturated heterocycles. The van der Waals surface area contributed by atoms with Gasteiger partial charge in [-0.3, -0.25) is 10.1 Å². The topological polar surface area (TPSA) is 70.7 Å². The first kappa shape index (κ1) is 11.8. The molecular formula is C12H18N4O. The van der Waals surface area contributed by atoms with Crippen LogP contribution in [0.2, 0.25) is 0 Å². The van der Waals surface area contributed by atoms with Crippen LogP contribution in [-0.4, -0.2) is 21.1 Å². The Kier molecular flexibility index (Phi) is 2.77. The van der Waals surface area contributed by atoms with Crippen molar-refractivity contribution < 1.29 is 4.79 Å². The van der Waals surface area contributed by atoms with Gasteiger partial charge in [0.1, 0.15) is 6.33 Å². The van der Waals surface area contributed by atoms with Gasteiger partial charge in [-0.2, -0.15) is 10.1 Å². The highest BCUT2D eigenvalue weighted by atomic mass is 16.2. The van der Waals surface area contributed by atoms with Gasteiger partial charge in [-0.25, -0.2) is 5.10 Å². The van der Waals surface area contributed by atoms with Crippen molar-refractivity contribution >= 4 is 11.9 Å². The smallest absolute Gasteiger partial charge is 0.231 e. The summed E-state index contributed by atoms with van der Waals surface area (Å²) in [5.74, 6) is 0.751. The molecule has 0 aromatic carbocycles. The maximum absolute atomic E-state index is 12.1. The van der Waals surface area contributed by atoms with Crippen LogP contribution in [0, 0.1) is 17.3 Å². The molecule has 1 amide bonds. The first-order valence-corrected chi connectivity index (χ1v) is 5.74. The minimum Gasteiger partial charge on any atom is -0.295 e. The predicted molar refractivity (Wildman–Crippen MR) is 65.2 cm³/mol. The number of nitrogens with zero attached hydrogens (tertiary/aromatic N) is 2. The van der Waals surface area contributed by atoms with Gasteiger partial charge in [0, 0.05) is 0 Å². The largest absolute Gasteiger partial charge is 0.295 e. The average molecular weight is 234 g/mol. The van der Waals surface area contributed by atoms with E-state index in [2.05, 4.69) is 54.3 Å². The number of aromatic amines is 1. The Labute approximate surface area is 101 Å². The van der Waals surface area contributed by atoms with Gasteiger partial charge < -0.3 is 0 Å². The normalized spacial score (nSPS) is 25.2. The van der Waals surface area contributed by atoms with Gasteiger partial charge in [-0.05, 0) is 25.2 Å². The van der Waals surface area contributed by atoms with Crippen molar-refractivity contribution in [1.82, 2.24) is 15.2 Å². The predicted octanol–water partition coefficient (Wildman–Crippen LogP) is 1.98. The molecule has 0 bridgehead atoms. The van der Waals surface area contributed by atoms with Crippen LogP contribution in [0.25, 0.3) is 0 Å². The lowest BCUT2D eigenvalue weighted by atomic mass is 10.1. The number of carbonyl (C=O) groups excluding carboxylic acids is 1. The van der Waals surface area contributed by atoms with Gasteiger partial charge >= 0.3 is 0 Å². The lowest BCUT2D eigenvalue weighted by Crippen LogP contribution is -2.17. The Balaban J connectivity index is 2.04. The summed E-state index contributed by atoms with van der Waals surface area (Å²) >= 11 is 0. The van der Waals surface area contributed by atoms with Crippen molar-refractivity contribution in [1.29, 1.82) is 0 Å². The van der Waals surface area contributed by atoms with Crippen LogP contribution < -0.4 is 5.32 Å². The Morgan fingerprint density at radius 3 is 2.76 bits per heavy atom. The second-order valence-electron chi connectivity index (χ2n) is 5.39. The first-order valence-electron chi connectivity index (χ1n) is 5.74. The molecule has 1 fully saturated rings. The Morgan fingerprint density at radius 1 is 1.53 bits per heavy atom. The molecule has 17 heavy (non-hydrogen) atoms. The lowest BCUT2D eigenvalue weighted by molar-refractivity contribution is -0.118. The van der Waals surface area contributed by atoms with E-state index in [-0.39, 0.29) is 17.2 Å². The molecule has 0 aliphatic heterocycles. The van der Waals surface area contributed by atoms with Crippen molar-refractivity contribution in [2.75, 3.05) is 5.32 Å². The summed E-state index contributed by atoms with van der Waals surface area (Å²) < 4.78 is 0. The molecule has 2 rings (SSSR count). The minimum absolute atomic E-state index is 0.00856. The second-order valence-corrected chi connectivity index (χ2v) is 5.39. The highest BCUT2D eigenvalue weighted by Gasteiger charge is 2.60. The third-order valence-electron chi connectivity index (χ3n) is 3.36. The Bertz CT molecular complexity index is 443. The number of nitrogens with one attached hydrogen (secondary N) is 2. The Hall–Kier alpha value is -1.65. The number of allylic oxidation sites excluding steroid dienone is 2. The third kappa shape index (κ3) is 2.23. The highest BCUT2D eigenvalue weighted by Crippen LogP contribution is 2.59. The molecule has 1 aliphatic rings. The van der Waals surface area contributed by atoms with E-state index in [1.165, 1.54) is 11.9 Å². The van der Waals surface area contributed by atoms with Crippen LogP contribution in [0.5, 0.6) is 0 Å². The van der Waals surface area contributed by atoms with Crippen LogP contribution in [0.4, 0.5) is 5.95 Å². The van der Waals surface area contributed by atoms with Gasteiger partial charge in [-0.1, -0.05) is 25.5 Å². The molecule has 0 spiro atoms. The Morgan fingerprint density at radius 2 is 2.24 bits per heavy atom. The molecule has 1 saturated carbocycles. The number of H-pyrrole nitrogens is 1. The van der Waals surface area contributed by atoms with E-state index < -0.39 is 0 Å². The van der Waals surface area contributed by atoms with Crippen molar-refractivity contribution in [3.05, 3.63) is 18.0 Å². The van der Waals surface area contributed by atoms with Crippen LogP contribution in [0.1, 0.15) is 27.7 Å². The average Bonchev–Trinajstić information content (AvgIpc) is 2.64. The number of hydrogen-bond acceptors (Lipinski definition) is 3. The lowest BCUT2D eigenvalue weighted by Gasteiger charge is -2.01. The van der Waals surface area contributed by atoms with Crippen molar-refractivity contribution in [2.24, 2.45) is 17.3 Å². The van der Waals surface area contributed by atoms with Gasteiger partial charge in [0.2, 0.25) is 11.9 Å². The second kappa shape index (κ2) is 3.98. The van der Waals surface area contributed by atoms with Gasteiger partial charge in [-0.15, -0.1) is 0 Å². The number of rotatable bonds is 3. The zero-order valence-corrected chi connectivity index (χ0v) is 10.6. The zero-order valence-electron chi connectivity index (χ0n) is 10.6. The number of aromatic nitrogens is 3. The van der Waals surface area contributed by atoms with Crippen molar-refractivity contribution in [3.63, 3.8) is 0 Å². The van der Waals surface area contributed by atoms with E-state index in [9.17, 15) is 4.79 Å². The van der Waals surface area contributed by atoms with Crippen LogP contribution in [-0.2, 0) is 4.79 Å². The van der Waals surface area contributed by atoms with Gasteiger partial charge in [0.05, 0.1) is 5.92 Å². The van der Waals surface area contributed by atoms with Crippen molar-refractivity contribution in [2.45, 2.75) is 27.7 Å². The minimum atomic E-state index is 0.00856. The fourth-order valence-corrected chi connectivity index (χ4v) is 2.31. The maximum atomic E-state index is 12.1. The quantitative estimate of drug-likeness (QED) is 0.786. The molecule has 2 atom stereocenters. The third-order valence-corrected chi connectivity index (χ3v) is 3.36. The molecule has 5 heteroatoms. The summed E-state index contributed by atoms with van der Waals surface area (Å²) in [6.45, 7) is 8.34. The standard InChI is InChI=1S/C12H18N4O/c1-7(2)5-8-9(12(8,3)4)10(17)15-11-13-6-14-16-11/h5-6,8-9H,1-4H3,(H2,13,14,15,16,17)/t8-,9-/m0/s1. The van der Waals surface area contributed by atoms with E-state index in [0.717, 1.165) is 0 Å². The van der Waals surface area contributed by atoms with Crippen LogP contribution in [0.3, 0.4) is 0 Å². The van der Waals surface area contributed by atoms with E-state index in [1.54, 1.807) is 0 Å². The first-order chi connectivity index (χ1) is 7.93. The molecular weight excluding hydrogens is 216 g/mol. The highest BCUT2D eigenvalue weighted by molar-refractivity contribution is 5.94. The van der Waals surface area contributed by atoms with Crippen LogP contribution >= 0.6 is 0 Å². The summed E-state index contributed by atoms with van der Waals surface area (Å²) in [5.41, 5.74) is 1.28. The number of carbonyl (C=O) groups is 1. The van der Waals surface area contributed by atoms with Crippen molar-refractivity contribution in [3.8, 4) is 0 Å². The summed E-state index contributed by atoms with van der Waals surface area (Å²) in [7, 11) is 0. The molecule has 0 unspecified atom stereocenters. The molecule has 1 aromatic heterocycles. The summed E-state index contributed by atoms with van der Waals surface area (Å²) in [6.07, 6.45) is 3.55. The molecule has 0 radical (unpaired) electrons. The maximum Gasteiger partial charge on any atom is 0.231 e. The van der Waals surface area contributed by atoms with Gasteiger partial charge in [0.15, 0.2) is 0 Å². The zero-order chi connectivity index (χ0) is 12.6.